The van der Waals surface area contributed by atoms with Gasteiger partial charge >= 0.3 is 6.03 Å². The summed E-state index contributed by atoms with van der Waals surface area (Å²) < 4.78 is 0. The number of carbonyl (C=O) groups excluding carboxylic acids is 2. The first-order chi connectivity index (χ1) is 12.1. The topological polar surface area (TPSA) is 86.4 Å². The Morgan fingerprint density at radius 2 is 2.12 bits per heavy atom. The third-order valence-electron chi connectivity index (χ3n) is 4.66. The molecule has 1 aliphatic heterocycles. The molecule has 0 radical (unpaired) electrons. The average molecular weight is 366 g/mol. The molecule has 1 aromatic rings. The summed E-state index contributed by atoms with van der Waals surface area (Å²) in [5, 5.41) is 9.45. The largest absolute Gasteiger partial charge is 0.355 e. The summed E-state index contributed by atoms with van der Waals surface area (Å²) >= 11 is 1.51. The molecule has 138 valence electrons. The molecule has 1 aliphatic carbocycles. The number of rotatable bonds is 6. The first-order valence-corrected chi connectivity index (χ1v) is 10.0. The first kappa shape index (κ1) is 18.1. The molecule has 2 aliphatic rings. The lowest BCUT2D eigenvalue weighted by Crippen LogP contribution is -2.39. The van der Waals surface area contributed by atoms with Crippen LogP contribution < -0.4 is 16.0 Å². The van der Waals surface area contributed by atoms with Crippen molar-refractivity contribution in [2.24, 2.45) is 0 Å². The summed E-state index contributed by atoms with van der Waals surface area (Å²) in [4.78, 5) is 31.8. The number of nitrogens with zero attached hydrogens (tertiary/aromatic N) is 2. The minimum atomic E-state index is -0.159. The highest BCUT2D eigenvalue weighted by molar-refractivity contribution is 7.15. The molecule has 1 saturated carbocycles. The third kappa shape index (κ3) is 5.15. The molecular weight excluding hydrogens is 338 g/mol. The monoisotopic (exact) mass is 365 g/mol. The van der Waals surface area contributed by atoms with Crippen LogP contribution in [0.3, 0.4) is 0 Å². The van der Waals surface area contributed by atoms with E-state index in [-0.39, 0.29) is 11.9 Å². The SMILES string of the molecule is CCCNC(=O)CN1CCc2nc(NC(=O)NC3CCCC3)sc2C1. The van der Waals surface area contributed by atoms with Crippen LogP contribution in [0.4, 0.5) is 9.93 Å². The van der Waals surface area contributed by atoms with E-state index in [0.717, 1.165) is 55.9 Å². The second kappa shape index (κ2) is 8.62. The van der Waals surface area contributed by atoms with Crippen molar-refractivity contribution in [2.45, 2.75) is 58.0 Å². The Bertz CT molecular complexity index is 612. The summed E-state index contributed by atoms with van der Waals surface area (Å²) in [5.41, 5.74) is 1.05. The van der Waals surface area contributed by atoms with Gasteiger partial charge in [0.15, 0.2) is 5.13 Å². The average Bonchev–Trinajstić information content (AvgIpc) is 3.21. The minimum absolute atomic E-state index is 0.0732. The van der Waals surface area contributed by atoms with Crippen LogP contribution in [0.1, 0.15) is 49.6 Å². The van der Waals surface area contributed by atoms with Gasteiger partial charge in [0.25, 0.3) is 0 Å². The van der Waals surface area contributed by atoms with E-state index >= 15 is 0 Å². The van der Waals surface area contributed by atoms with Gasteiger partial charge in [-0.2, -0.15) is 0 Å². The number of fused-ring (bicyclic) bond motifs is 1. The van der Waals surface area contributed by atoms with E-state index in [0.29, 0.717) is 17.7 Å². The second-order valence-corrected chi connectivity index (χ2v) is 7.86. The molecular formula is C17H27N5O2S. The van der Waals surface area contributed by atoms with Gasteiger partial charge < -0.3 is 10.6 Å². The van der Waals surface area contributed by atoms with Gasteiger partial charge in [-0.25, -0.2) is 9.78 Å². The Balaban J connectivity index is 1.50. The molecule has 0 bridgehead atoms. The Morgan fingerprint density at radius 1 is 1.32 bits per heavy atom. The van der Waals surface area contributed by atoms with E-state index in [1.807, 2.05) is 6.92 Å². The lowest BCUT2D eigenvalue weighted by Gasteiger charge is -2.25. The molecule has 25 heavy (non-hydrogen) atoms. The van der Waals surface area contributed by atoms with E-state index < -0.39 is 0 Å². The first-order valence-electron chi connectivity index (χ1n) is 9.19. The molecule has 0 aromatic carbocycles. The van der Waals surface area contributed by atoms with E-state index in [1.54, 1.807) is 0 Å². The number of amides is 3. The van der Waals surface area contributed by atoms with Gasteiger partial charge in [0, 0.05) is 37.0 Å². The molecule has 0 unspecified atom stereocenters. The van der Waals surface area contributed by atoms with Crippen molar-refractivity contribution in [3.05, 3.63) is 10.6 Å². The van der Waals surface area contributed by atoms with Crippen LogP contribution >= 0.6 is 11.3 Å². The van der Waals surface area contributed by atoms with Gasteiger partial charge in [0.05, 0.1) is 12.2 Å². The number of aromatic nitrogens is 1. The van der Waals surface area contributed by atoms with Gasteiger partial charge in [0.2, 0.25) is 5.91 Å². The number of hydrogen-bond donors (Lipinski definition) is 3. The van der Waals surface area contributed by atoms with Crippen molar-refractivity contribution in [1.82, 2.24) is 20.5 Å². The smallest absolute Gasteiger partial charge is 0.321 e. The highest BCUT2D eigenvalue weighted by Gasteiger charge is 2.23. The van der Waals surface area contributed by atoms with Crippen LogP contribution in [-0.2, 0) is 17.8 Å². The van der Waals surface area contributed by atoms with Crippen molar-refractivity contribution in [1.29, 1.82) is 0 Å². The Kier molecular flexibility index (Phi) is 6.25. The Morgan fingerprint density at radius 3 is 2.88 bits per heavy atom. The van der Waals surface area contributed by atoms with Gasteiger partial charge in [-0.05, 0) is 19.3 Å². The summed E-state index contributed by atoms with van der Waals surface area (Å²) in [5.74, 6) is 0.0732. The number of hydrogen-bond acceptors (Lipinski definition) is 5. The van der Waals surface area contributed by atoms with E-state index in [1.165, 1.54) is 24.2 Å². The number of thiazole rings is 1. The van der Waals surface area contributed by atoms with Crippen molar-refractivity contribution < 1.29 is 9.59 Å². The van der Waals surface area contributed by atoms with E-state index in [2.05, 4.69) is 25.8 Å². The molecule has 1 fully saturated rings. The highest BCUT2D eigenvalue weighted by atomic mass is 32.1. The van der Waals surface area contributed by atoms with Gasteiger partial charge in [-0.15, -0.1) is 11.3 Å². The summed E-state index contributed by atoms with van der Waals surface area (Å²) in [6.07, 6.45) is 6.28. The van der Waals surface area contributed by atoms with Crippen LogP contribution in [0.5, 0.6) is 0 Å². The predicted octanol–water partition coefficient (Wildman–Crippen LogP) is 2.09. The van der Waals surface area contributed by atoms with Gasteiger partial charge in [-0.3, -0.25) is 15.0 Å². The normalized spacial score (nSPS) is 18.0. The van der Waals surface area contributed by atoms with Gasteiger partial charge in [0.1, 0.15) is 0 Å². The zero-order valence-corrected chi connectivity index (χ0v) is 15.6. The lowest BCUT2D eigenvalue weighted by molar-refractivity contribution is -0.122. The fraction of sp³-hybridized carbons (Fsp3) is 0.706. The number of carbonyl (C=O) groups is 2. The summed E-state index contributed by atoms with van der Waals surface area (Å²) in [7, 11) is 0. The fourth-order valence-electron chi connectivity index (χ4n) is 3.35. The van der Waals surface area contributed by atoms with Crippen molar-refractivity contribution in [2.75, 3.05) is 25.0 Å². The van der Waals surface area contributed by atoms with E-state index in [4.69, 9.17) is 0 Å². The molecule has 3 N–H and O–H groups in total. The van der Waals surface area contributed by atoms with Crippen molar-refractivity contribution in [3.8, 4) is 0 Å². The maximum absolute atomic E-state index is 12.1. The maximum atomic E-state index is 12.1. The highest BCUT2D eigenvalue weighted by Crippen LogP contribution is 2.28. The Labute approximate surface area is 152 Å². The lowest BCUT2D eigenvalue weighted by atomic mass is 10.2. The quantitative estimate of drug-likeness (QED) is 0.720. The number of nitrogens with one attached hydrogen (secondary N) is 3. The predicted molar refractivity (Wildman–Crippen MR) is 98.8 cm³/mol. The molecule has 0 saturated heterocycles. The summed E-state index contributed by atoms with van der Waals surface area (Å²) in [6.45, 7) is 4.73. The molecule has 0 atom stereocenters. The van der Waals surface area contributed by atoms with Crippen molar-refractivity contribution >= 4 is 28.4 Å². The van der Waals surface area contributed by atoms with Gasteiger partial charge in [-0.1, -0.05) is 19.8 Å². The van der Waals surface area contributed by atoms with Crippen LogP contribution in [0.2, 0.25) is 0 Å². The molecule has 0 spiro atoms. The van der Waals surface area contributed by atoms with Crippen LogP contribution in [0.25, 0.3) is 0 Å². The zero-order valence-electron chi connectivity index (χ0n) is 14.8. The van der Waals surface area contributed by atoms with Crippen molar-refractivity contribution in [3.63, 3.8) is 0 Å². The van der Waals surface area contributed by atoms with Crippen LogP contribution in [0, 0.1) is 0 Å². The zero-order chi connectivity index (χ0) is 17.6. The minimum Gasteiger partial charge on any atom is -0.355 e. The molecule has 3 rings (SSSR count). The number of urea groups is 1. The third-order valence-corrected chi connectivity index (χ3v) is 5.66. The van der Waals surface area contributed by atoms with Crippen LogP contribution in [-0.4, -0.2) is 47.5 Å². The van der Waals surface area contributed by atoms with Crippen LogP contribution in [0.15, 0.2) is 0 Å². The molecule has 1 aromatic heterocycles. The summed E-state index contributed by atoms with van der Waals surface area (Å²) in [6, 6.07) is 0.139. The standard InChI is InChI=1S/C17H27N5O2S/c1-2-8-18-15(23)11-22-9-7-13-14(10-22)25-17(20-13)21-16(24)19-12-5-3-4-6-12/h12H,2-11H2,1H3,(H,18,23)(H2,19,20,21,24). The maximum Gasteiger partial charge on any atom is 0.321 e. The van der Waals surface area contributed by atoms with E-state index in [9.17, 15) is 9.59 Å². The molecule has 2 heterocycles. The molecule has 8 heteroatoms. The second-order valence-electron chi connectivity index (χ2n) is 6.78. The number of anilines is 1. The molecule has 3 amide bonds. The molecule has 7 nitrogen and oxygen atoms in total. The fourth-order valence-corrected chi connectivity index (χ4v) is 4.39. The Hall–Kier alpha value is -1.67.